The largest absolute Gasteiger partial charge is 0.481 e. The summed E-state index contributed by atoms with van der Waals surface area (Å²) < 4.78 is 0. The zero-order valence-electron chi connectivity index (χ0n) is 10.3. The minimum Gasteiger partial charge on any atom is -0.481 e. The normalized spacial score (nSPS) is 22.8. The predicted molar refractivity (Wildman–Crippen MR) is 70.1 cm³/mol. The van der Waals surface area contributed by atoms with Crippen molar-refractivity contribution in [3.8, 4) is 0 Å². The van der Waals surface area contributed by atoms with Crippen molar-refractivity contribution in [1.82, 2.24) is 10.3 Å². The van der Waals surface area contributed by atoms with E-state index in [1.54, 1.807) is 6.07 Å². The first-order chi connectivity index (χ1) is 9.08. The molecule has 2 unspecified atom stereocenters. The molecule has 0 aliphatic heterocycles. The number of carbonyl (C=O) groups is 2. The van der Waals surface area contributed by atoms with Crippen molar-refractivity contribution in [1.29, 1.82) is 0 Å². The number of halogens is 1. The van der Waals surface area contributed by atoms with E-state index in [-0.39, 0.29) is 17.9 Å². The van der Waals surface area contributed by atoms with Crippen LogP contribution in [0.15, 0.2) is 18.5 Å². The van der Waals surface area contributed by atoms with E-state index < -0.39 is 5.97 Å². The Morgan fingerprint density at radius 2 is 2.21 bits per heavy atom. The van der Waals surface area contributed by atoms with Gasteiger partial charge < -0.3 is 10.4 Å². The number of carbonyl (C=O) groups excluding carboxylic acids is 1. The number of aliphatic carboxylic acids is 1. The first-order valence-corrected chi connectivity index (χ1v) is 6.59. The fourth-order valence-corrected chi connectivity index (χ4v) is 2.54. The van der Waals surface area contributed by atoms with E-state index in [0.29, 0.717) is 23.4 Å². The minimum atomic E-state index is -0.793. The smallest absolute Gasteiger partial charge is 0.306 e. The minimum absolute atomic E-state index is 0.112. The number of nitrogens with zero attached hydrogens (tertiary/aromatic N) is 1. The molecule has 102 valence electrons. The van der Waals surface area contributed by atoms with Gasteiger partial charge in [0.05, 0.1) is 16.5 Å². The van der Waals surface area contributed by atoms with Gasteiger partial charge in [0, 0.05) is 18.4 Å². The number of carboxylic acid groups (broad SMARTS) is 1. The first-order valence-electron chi connectivity index (χ1n) is 6.21. The summed E-state index contributed by atoms with van der Waals surface area (Å²) in [6.45, 7) is 0. The maximum Gasteiger partial charge on any atom is 0.306 e. The highest BCUT2D eigenvalue weighted by atomic mass is 35.5. The molecule has 2 rings (SSSR count). The van der Waals surface area contributed by atoms with Crippen molar-refractivity contribution in [3.05, 3.63) is 29.0 Å². The van der Waals surface area contributed by atoms with Gasteiger partial charge in [0.1, 0.15) is 0 Å². The fourth-order valence-electron chi connectivity index (χ4n) is 2.35. The van der Waals surface area contributed by atoms with Gasteiger partial charge in [0.15, 0.2) is 0 Å². The van der Waals surface area contributed by atoms with Gasteiger partial charge in [-0.1, -0.05) is 18.0 Å². The highest BCUT2D eigenvalue weighted by Gasteiger charge is 2.28. The molecule has 1 aliphatic carbocycles. The molecule has 1 heterocycles. The number of pyridine rings is 1. The van der Waals surface area contributed by atoms with Gasteiger partial charge in [0.2, 0.25) is 0 Å². The summed E-state index contributed by atoms with van der Waals surface area (Å²) in [6, 6.07) is 1.44. The van der Waals surface area contributed by atoms with Crippen LogP contribution in [0.4, 0.5) is 0 Å². The third-order valence-corrected chi connectivity index (χ3v) is 3.70. The van der Waals surface area contributed by atoms with Gasteiger partial charge in [-0.05, 0) is 25.3 Å². The number of hydrogen-bond acceptors (Lipinski definition) is 3. The summed E-state index contributed by atoms with van der Waals surface area (Å²) in [7, 11) is 0. The molecule has 0 radical (unpaired) electrons. The molecule has 5 nitrogen and oxygen atoms in total. The summed E-state index contributed by atoms with van der Waals surface area (Å²) in [4.78, 5) is 26.9. The van der Waals surface area contributed by atoms with Crippen LogP contribution in [0.25, 0.3) is 0 Å². The first kappa shape index (κ1) is 13.8. The van der Waals surface area contributed by atoms with Crippen LogP contribution in [0.1, 0.15) is 36.0 Å². The maximum atomic E-state index is 12.0. The third kappa shape index (κ3) is 3.44. The van der Waals surface area contributed by atoms with E-state index in [2.05, 4.69) is 10.3 Å². The van der Waals surface area contributed by atoms with Gasteiger partial charge >= 0.3 is 5.97 Å². The molecular formula is C13H15ClN2O3. The number of nitrogens with one attached hydrogen (secondary N) is 1. The van der Waals surface area contributed by atoms with Gasteiger partial charge in [0.25, 0.3) is 5.91 Å². The van der Waals surface area contributed by atoms with Crippen molar-refractivity contribution in [3.63, 3.8) is 0 Å². The molecule has 0 bridgehead atoms. The van der Waals surface area contributed by atoms with E-state index in [4.69, 9.17) is 16.7 Å². The second-order valence-corrected chi connectivity index (χ2v) is 5.13. The van der Waals surface area contributed by atoms with Crippen LogP contribution in [0.5, 0.6) is 0 Å². The van der Waals surface area contributed by atoms with Crippen LogP contribution in [-0.4, -0.2) is 28.0 Å². The van der Waals surface area contributed by atoms with Gasteiger partial charge in [-0.25, -0.2) is 0 Å². The lowest BCUT2D eigenvalue weighted by molar-refractivity contribution is -0.143. The average molecular weight is 283 g/mol. The van der Waals surface area contributed by atoms with Gasteiger partial charge in [-0.3, -0.25) is 14.6 Å². The molecule has 1 aromatic rings. The number of rotatable bonds is 3. The molecule has 1 amide bonds. The SMILES string of the molecule is O=C(NC1CCCC(C(=O)O)C1)c1cnccc1Cl. The molecule has 1 aromatic heterocycles. The summed E-state index contributed by atoms with van der Waals surface area (Å²) >= 11 is 5.92. The molecular weight excluding hydrogens is 268 g/mol. The number of carboxylic acids is 1. The molecule has 0 spiro atoms. The fraction of sp³-hybridized carbons (Fsp3) is 0.462. The van der Waals surface area contributed by atoms with Crippen LogP contribution < -0.4 is 5.32 Å². The Kier molecular flexibility index (Phi) is 4.37. The van der Waals surface area contributed by atoms with E-state index in [1.807, 2.05) is 0 Å². The highest BCUT2D eigenvalue weighted by Crippen LogP contribution is 2.25. The van der Waals surface area contributed by atoms with Crippen molar-refractivity contribution < 1.29 is 14.7 Å². The number of amides is 1. The second-order valence-electron chi connectivity index (χ2n) is 4.73. The molecule has 2 N–H and O–H groups in total. The second kappa shape index (κ2) is 6.02. The highest BCUT2D eigenvalue weighted by molar-refractivity contribution is 6.33. The standard InChI is InChI=1S/C13H15ClN2O3/c14-11-4-5-15-7-10(11)12(17)16-9-3-1-2-8(6-9)13(18)19/h4-5,7-9H,1-3,6H2,(H,16,17)(H,18,19). The van der Waals surface area contributed by atoms with Crippen LogP contribution >= 0.6 is 11.6 Å². The predicted octanol–water partition coefficient (Wildman–Crippen LogP) is 2.11. The van der Waals surface area contributed by atoms with Crippen LogP contribution in [0.3, 0.4) is 0 Å². The summed E-state index contributed by atoms with van der Waals surface area (Å²) in [5.74, 6) is -1.46. The number of aromatic nitrogens is 1. The third-order valence-electron chi connectivity index (χ3n) is 3.37. The Morgan fingerprint density at radius 1 is 1.42 bits per heavy atom. The van der Waals surface area contributed by atoms with E-state index in [0.717, 1.165) is 12.8 Å². The lowest BCUT2D eigenvalue weighted by atomic mass is 9.85. The quantitative estimate of drug-likeness (QED) is 0.890. The summed E-state index contributed by atoms with van der Waals surface area (Å²) in [6.07, 6.45) is 5.68. The monoisotopic (exact) mass is 282 g/mol. The molecule has 1 aliphatic rings. The van der Waals surface area contributed by atoms with Gasteiger partial charge in [-0.2, -0.15) is 0 Å². The van der Waals surface area contributed by atoms with E-state index in [9.17, 15) is 9.59 Å². The molecule has 0 aromatic carbocycles. The molecule has 1 fully saturated rings. The maximum absolute atomic E-state index is 12.0. The average Bonchev–Trinajstić information content (AvgIpc) is 2.39. The van der Waals surface area contributed by atoms with Crippen molar-refractivity contribution in [2.45, 2.75) is 31.7 Å². The van der Waals surface area contributed by atoms with E-state index >= 15 is 0 Å². The topological polar surface area (TPSA) is 79.3 Å². The number of hydrogen-bond donors (Lipinski definition) is 2. The van der Waals surface area contributed by atoms with Crippen LogP contribution in [0.2, 0.25) is 5.02 Å². The Hall–Kier alpha value is -1.62. The lowest BCUT2D eigenvalue weighted by Gasteiger charge is -2.27. The summed E-state index contributed by atoms with van der Waals surface area (Å²) in [5.41, 5.74) is 0.321. The van der Waals surface area contributed by atoms with Crippen LogP contribution in [0, 0.1) is 5.92 Å². The zero-order valence-corrected chi connectivity index (χ0v) is 11.1. The molecule has 6 heteroatoms. The van der Waals surface area contributed by atoms with Crippen molar-refractivity contribution >= 4 is 23.5 Å². The molecule has 1 saturated carbocycles. The molecule has 2 atom stereocenters. The Bertz CT molecular complexity index is 493. The summed E-state index contributed by atoms with van der Waals surface area (Å²) in [5, 5.41) is 12.2. The zero-order chi connectivity index (χ0) is 13.8. The van der Waals surface area contributed by atoms with Crippen LogP contribution in [-0.2, 0) is 4.79 Å². The van der Waals surface area contributed by atoms with Crippen molar-refractivity contribution in [2.24, 2.45) is 5.92 Å². The van der Waals surface area contributed by atoms with E-state index in [1.165, 1.54) is 12.4 Å². The van der Waals surface area contributed by atoms with Crippen molar-refractivity contribution in [2.75, 3.05) is 0 Å². The molecule has 19 heavy (non-hydrogen) atoms. The Balaban J connectivity index is 1.99. The Labute approximate surface area is 116 Å². The Morgan fingerprint density at radius 3 is 2.89 bits per heavy atom. The lowest BCUT2D eigenvalue weighted by Crippen LogP contribution is -2.40. The van der Waals surface area contributed by atoms with Gasteiger partial charge in [-0.15, -0.1) is 0 Å². The molecule has 0 saturated heterocycles.